The fourth-order valence-electron chi connectivity index (χ4n) is 3.32. The molecule has 182 valence electrons. The Morgan fingerprint density at radius 1 is 0.972 bits per heavy atom. The average Bonchev–Trinajstić information content (AvgIpc) is 2.88. The van der Waals surface area contributed by atoms with Crippen molar-refractivity contribution in [2.24, 2.45) is 0 Å². The Kier molecular flexibility index (Phi) is 8.57. The normalized spacial score (nSPS) is 10.7. The molecular weight excluding hydrogens is 458 g/mol. The Morgan fingerprint density at radius 2 is 1.69 bits per heavy atom. The number of methoxy groups -OCH3 is 1. The molecule has 36 heavy (non-hydrogen) atoms. The zero-order chi connectivity index (χ0) is 26.1. The third kappa shape index (κ3) is 6.81. The smallest absolute Gasteiger partial charge is 0.337 e. The van der Waals surface area contributed by atoms with E-state index < -0.39 is 11.9 Å². The predicted octanol–water partition coefficient (Wildman–Crippen LogP) is 4.65. The largest absolute Gasteiger partial charge is 0.483 e. The topological polar surface area (TPSA) is 118 Å². The second-order valence-corrected chi connectivity index (χ2v) is 7.89. The van der Waals surface area contributed by atoms with Gasteiger partial charge in [0.25, 0.3) is 11.8 Å². The number of benzene rings is 3. The minimum absolute atomic E-state index is 0.164. The Balaban J connectivity index is 1.69. The van der Waals surface area contributed by atoms with E-state index in [1.165, 1.54) is 37.5 Å². The number of amides is 2. The van der Waals surface area contributed by atoms with Crippen molar-refractivity contribution in [3.05, 3.63) is 94.6 Å². The molecule has 0 saturated carbocycles. The molecule has 0 heterocycles. The maximum absolute atomic E-state index is 12.7. The summed E-state index contributed by atoms with van der Waals surface area (Å²) in [6.45, 7) is 3.63. The van der Waals surface area contributed by atoms with E-state index in [9.17, 15) is 19.6 Å². The monoisotopic (exact) mass is 483 g/mol. The summed E-state index contributed by atoms with van der Waals surface area (Å²) in [5, 5.41) is 15.0. The van der Waals surface area contributed by atoms with Gasteiger partial charge >= 0.3 is 5.97 Å². The van der Waals surface area contributed by atoms with Crippen LogP contribution in [0.15, 0.2) is 72.3 Å². The third-order valence-electron chi connectivity index (χ3n) is 5.16. The fraction of sp³-hybridized carbons (Fsp3) is 0.143. The molecule has 0 aromatic heterocycles. The van der Waals surface area contributed by atoms with Gasteiger partial charge in [0.15, 0.2) is 6.61 Å². The summed E-state index contributed by atoms with van der Waals surface area (Å²) in [7, 11) is 1.28. The molecule has 3 rings (SSSR count). The number of carbonyl (C=O) groups excluding carboxylic acids is 3. The standard InChI is InChI=1S/C28H25N3O5/c1-18-8-13-24(19(2)14-18)31-26(32)17-36-25-7-5-4-6-21(25)15-22(16-29)27(33)30-23-11-9-20(10-12-23)28(34)35-3/h4-15H,17H2,1-3H3,(H,30,33)(H,31,32)/b22-15-. The highest BCUT2D eigenvalue weighted by molar-refractivity contribution is 6.10. The molecule has 0 aliphatic rings. The van der Waals surface area contributed by atoms with Crippen molar-refractivity contribution in [3.63, 3.8) is 0 Å². The number of hydrogen-bond donors (Lipinski definition) is 2. The Labute approximate surface area is 209 Å². The number of carbonyl (C=O) groups is 3. The molecule has 0 atom stereocenters. The number of nitrogens with one attached hydrogen (secondary N) is 2. The lowest BCUT2D eigenvalue weighted by Gasteiger charge is -2.12. The van der Waals surface area contributed by atoms with E-state index >= 15 is 0 Å². The van der Waals surface area contributed by atoms with Crippen LogP contribution in [0.4, 0.5) is 11.4 Å². The fourth-order valence-corrected chi connectivity index (χ4v) is 3.32. The third-order valence-corrected chi connectivity index (χ3v) is 5.16. The summed E-state index contributed by atoms with van der Waals surface area (Å²) >= 11 is 0. The lowest BCUT2D eigenvalue weighted by molar-refractivity contribution is -0.118. The van der Waals surface area contributed by atoms with E-state index in [1.54, 1.807) is 24.3 Å². The number of esters is 1. The van der Waals surface area contributed by atoms with Gasteiger partial charge in [-0.1, -0.05) is 35.9 Å². The van der Waals surface area contributed by atoms with Crippen molar-refractivity contribution in [1.29, 1.82) is 5.26 Å². The highest BCUT2D eigenvalue weighted by Crippen LogP contribution is 2.22. The number of nitrogens with zero attached hydrogens (tertiary/aromatic N) is 1. The number of aryl methyl sites for hydroxylation is 2. The van der Waals surface area contributed by atoms with Crippen LogP contribution in [0.2, 0.25) is 0 Å². The van der Waals surface area contributed by atoms with Gasteiger partial charge in [-0.05, 0) is 61.9 Å². The van der Waals surface area contributed by atoms with Gasteiger partial charge in [0.05, 0.1) is 12.7 Å². The molecule has 0 bridgehead atoms. The van der Waals surface area contributed by atoms with E-state index in [1.807, 2.05) is 38.1 Å². The van der Waals surface area contributed by atoms with Crippen LogP contribution in [0.1, 0.15) is 27.0 Å². The summed E-state index contributed by atoms with van der Waals surface area (Å²) in [5.41, 5.74) is 3.77. The number of para-hydroxylation sites is 1. The van der Waals surface area contributed by atoms with Gasteiger partial charge < -0.3 is 20.1 Å². The molecule has 0 saturated heterocycles. The number of rotatable bonds is 8. The molecule has 0 aliphatic carbocycles. The van der Waals surface area contributed by atoms with Crippen LogP contribution >= 0.6 is 0 Å². The quantitative estimate of drug-likeness (QED) is 0.274. The second-order valence-electron chi connectivity index (χ2n) is 7.89. The zero-order valence-corrected chi connectivity index (χ0v) is 20.1. The highest BCUT2D eigenvalue weighted by atomic mass is 16.5. The highest BCUT2D eigenvalue weighted by Gasteiger charge is 2.13. The van der Waals surface area contributed by atoms with Crippen molar-refractivity contribution in [2.75, 3.05) is 24.4 Å². The minimum atomic E-state index is -0.634. The second kappa shape index (κ2) is 12.0. The minimum Gasteiger partial charge on any atom is -0.483 e. The lowest BCUT2D eigenvalue weighted by Crippen LogP contribution is -2.21. The zero-order valence-electron chi connectivity index (χ0n) is 20.1. The molecule has 2 N–H and O–H groups in total. The molecular formula is C28H25N3O5. The summed E-state index contributed by atoms with van der Waals surface area (Å²) in [5.74, 6) is -1.12. The SMILES string of the molecule is COC(=O)c1ccc(NC(=O)/C(C#N)=C\c2ccccc2OCC(=O)Nc2ccc(C)cc2C)cc1. The van der Waals surface area contributed by atoms with Crippen LogP contribution in [0.25, 0.3) is 6.08 Å². The maximum atomic E-state index is 12.7. The molecule has 0 spiro atoms. The number of ether oxygens (including phenoxy) is 2. The van der Waals surface area contributed by atoms with Crippen molar-refractivity contribution in [3.8, 4) is 11.8 Å². The number of anilines is 2. The van der Waals surface area contributed by atoms with Gasteiger partial charge in [0.1, 0.15) is 17.4 Å². The first-order valence-electron chi connectivity index (χ1n) is 11.0. The summed E-state index contributed by atoms with van der Waals surface area (Å²) in [4.78, 5) is 36.6. The van der Waals surface area contributed by atoms with Crippen LogP contribution in [0.5, 0.6) is 5.75 Å². The van der Waals surface area contributed by atoms with Gasteiger partial charge in [-0.15, -0.1) is 0 Å². The number of nitriles is 1. The molecule has 0 aliphatic heterocycles. The number of hydrogen-bond acceptors (Lipinski definition) is 6. The molecule has 3 aromatic carbocycles. The summed E-state index contributed by atoms with van der Waals surface area (Å²) in [6, 6.07) is 20.4. The molecule has 0 unspecified atom stereocenters. The van der Waals surface area contributed by atoms with E-state index in [0.717, 1.165) is 11.1 Å². The van der Waals surface area contributed by atoms with Crippen LogP contribution in [0.3, 0.4) is 0 Å². The van der Waals surface area contributed by atoms with Crippen molar-refractivity contribution in [2.45, 2.75) is 13.8 Å². The van der Waals surface area contributed by atoms with E-state index in [0.29, 0.717) is 28.3 Å². The van der Waals surface area contributed by atoms with E-state index in [-0.39, 0.29) is 18.1 Å². The molecule has 8 heteroatoms. The van der Waals surface area contributed by atoms with Crippen LogP contribution < -0.4 is 15.4 Å². The maximum Gasteiger partial charge on any atom is 0.337 e. The van der Waals surface area contributed by atoms with Crippen LogP contribution in [-0.2, 0) is 14.3 Å². The van der Waals surface area contributed by atoms with Gasteiger partial charge in [-0.3, -0.25) is 9.59 Å². The van der Waals surface area contributed by atoms with E-state index in [2.05, 4.69) is 15.4 Å². The van der Waals surface area contributed by atoms with Gasteiger partial charge in [-0.2, -0.15) is 5.26 Å². The molecule has 2 amide bonds. The summed E-state index contributed by atoms with van der Waals surface area (Å²) < 4.78 is 10.3. The van der Waals surface area contributed by atoms with Crippen LogP contribution in [-0.4, -0.2) is 31.5 Å². The predicted molar refractivity (Wildman–Crippen MR) is 136 cm³/mol. The Morgan fingerprint density at radius 3 is 2.36 bits per heavy atom. The first-order valence-corrected chi connectivity index (χ1v) is 11.0. The Bertz CT molecular complexity index is 1350. The molecule has 0 radical (unpaired) electrons. The van der Waals surface area contributed by atoms with Gasteiger partial charge in [-0.25, -0.2) is 4.79 Å². The molecule has 8 nitrogen and oxygen atoms in total. The first kappa shape index (κ1) is 25.7. The van der Waals surface area contributed by atoms with E-state index in [4.69, 9.17) is 4.74 Å². The average molecular weight is 484 g/mol. The van der Waals surface area contributed by atoms with Gasteiger partial charge in [0.2, 0.25) is 0 Å². The summed E-state index contributed by atoms with van der Waals surface area (Å²) in [6.07, 6.45) is 1.38. The lowest BCUT2D eigenvalue weighted by atomic mass is 10.1. The Hall–Kier alpha value is -4.90. The van der Waals surface area contributed by atoms with Crippen LogP contribution in [0, 0.1) is 25.2 Å². The van der Waals surface area contributed by atoms with Crippen molar-refractivity contribution in [1.82, 2.24) is 0 Å². The molecule has 3 aromatic rings. The first-order chi connectivity index (χ1) is 17.3. The van der Waals surface area contributed by atoms with Crippen molar-refractivity contribution < 1.29 is 23.9 Å². The van der Waals surface area contributed by atoms with Gasteiger partial charge in [0, 0.05) is 16.9 Å². The molecule has 0 fully saturated rings. The van der Waals surface area contributed by atoms with Crippen molar-refractivity contribution >= 4 is 35.2 Å².